The number of hydrogen-bond acceptors (Lipinski definition) is 3. The molecular formula is C13H22N2O3S. The molecule has 0 aliphatic carbocycles. The van der Waals surface area contributed by atoms with Crippen molar-refractivity contribution in [3.8, 4) is 0 Å². The normalized spacial score (nSPS) is 13.7. The maximum atomic E-state index is 12.1. The molecule has 0 radical (unpaired) electrons. The van der Waals surface area contributed by atoms with Gasteiger partial charge in [0.05, 0.1) is 0 Å². The molecule has 2 N–H and O–H groups in total. The molecule has 1 unspecified atom stereocenters. The van der Waals surface area contributed by atoms with E-state index in [0.29, 0.717) is 19.4 Å². The van der Waals surface area contributed by atoms with Gasteiger partial charge >= 0.3 is 0 Å². The molecule has 1 aromatic carbocycles. The van der Waals surface area contributed by atoms with E-state index in [1.807, 2.05) is 30.3 Å². The van der Waals surface area contributed by atoms with Crippen LogP contribution in [0, 0.1) is 0 Å². The van der Waals surface area contributed by atoms with Crippen molar-refractivity contribution in [2.75, 3.05) is 13.7 Å². The lowest BCUT2D eigenvalue weighted by atomic mass is 10.2. The minimum atomic E-state index is -3.49. The number of aliphatic hydroxyl groups is 1. The summed E-state index contributed by atoms with van der Waals surface area (Å²) >= 11 is 0. The van der Waals surface area contributed by atoms with Gasteiger partial charge in [-0.05, 0) is 25.3 Å². The van der Waals surface area contributed by atoms with Crippen LogP contribution in [0.25, 0.3) is 0 Å². The van der Waals surface area contributed by atoms with Crippen molar-refractivity contribution in [2.24, 2.45) is 0 Å². The summed E-state index contributed by atoms with van der Waals surface area (Å²) in [6.45, 7) is 2.21. The smallest absolute Gasteiger partial charge is 0.279 e. The Morgan fingerprint density at radius 1 is 1.32 bits per heavy atom. The number of nitrogens with zero attached hydrogens (tertiary/aromatic N) is 1. The van der Waals surface area contributed by atoms with Crippen molar-refractivity contribution in [2.45, 2.75) is 32.4 Å². The summed E-state index contributed by atoms with van der Waals surface area (Å²) in [7, 11) is -1.94. The molecule has 0 amide bonds. The van der Waals surface area contributed by atoms with Crippen LogP contribution in [0.2, 0.25) is 0 Å². The highest BCUT2D eigenvalue weighted by molar-refractivity contribution is 7.87. The van der Waals surface area contributed by atoms with Gasteiger partial charge in [0.25, 0.3) is 10.2 Å². The van der Waals surface area contributed by atoms with E-state index in [1.54, 1.807) is 14.0 Å². The number of benzene rings is 1. The Bertz CT molecular complexity index is 462. The van der Waals surface area contributed by atoms with E-state index in [4.69, 9.17) is 5.11 Å². The maximum Gasteiger partial charge on any atom is 0.279 e. The largest absolute Gasteiger partial charge is 0.396 e. The molecule has 0 spiro atoms. The van der Waals surface area contributed by atoms with Gasteiger partial charge in [-0.2, -0.15) is 17.4 Å². The van der Waals surface area contributed by atoms with Crippen molar-refractivity contribution < 1.29 is 13.5 Å². The Balaban J connectivity index is 2.56. The average Bonchev–Trinajstić information content (AvgIpc) is 2.37. The third-order valence-corrected chi connectivity index (χ3v) is 4.45. The SMILES string of the molecule is CC(CCCO)NS(=O)(=O)N(C)Cc1ccccc1. The molecule has 1 aromatic rings. The van der Waals surface area contributed by atoms with Crippen molar-refractivity contribution in [1.29, 1.82) is 0 Å². The molecule has 1 atom stereocenters. The van der Waals surface area contributed by atoms with E-state index >= 15 is 0 Å². The molecule has 0 aliphatic rings. The van der Waals surface area contributed by atoms with Crippen molar-refractivity contribution in [3.63, 3.8) is 0 Å². The summed E-state index contributed by atoms with van der Waals surface area (Å²) in [5.41, 5.74) is 0.943. The molecule has 0 saturated heterocycles. The van der Waals surface area contributed by atoms with Gasteiger partial charge in [0, 0.05) is 26.2 Å². The van der Waals surface area contributed by atoms with Gasteiger partial charge < -0.3 is 5.11 Å². The van der Waals surface area contributed by atoms with Crippen LogP contribution >= 0.6 is 0 Å². The fourth-order valence-electron chi connectivity index (χ4n) is 1.73. The van der Waals surface area contributed by atoms with Crippen molar-refractivity contribution >= 4 is 10.2 Å². The molecule has 0 heterocycles. The first-order chi connectivity index (χ1) is 8.95. The Labute approximate surface area is 115 Å². The summed E-state index contributed by atoms with van der Waals surface area (Å²) in [6, 6.07) is 9.26. The maximum absolute atomic E-state index is 12.1. The van der Waals surface area contributed by atoms with Gasteiger partial charge in [-0.1, -0.05) is 30.3 Å². The van der Waals surface area contributed by atoms with Crippen LogP contribution in [0.15, 0.2) is 30.3 Å². The lowest BCUT2D eigenvalue weighted by molar-refractivity contribution is 0.279. The molecule has 0 aromatic heterocycles. The van der Waals surface area contributed by atoms with E-state index in [2.05, 4.69) is 4.72 Å². The van der Waals surface area contributed by atoms with Crippen LogP contribution in [-0.2, 0) is 16.8 Å². The second kappa shape index (κ2) is 7.59. The molecule has 5 nitrogen and oxygen atoms in total. The van der Waals surface area contributed by atoms with Gasteiger partial charge in [-0.25, -0.2) is 0 Å². The summed E-state index contributed by atoms with van der Waals surface area (Å²) in [6.07, 6.45) is 1.21. The number of aliphatic hydroxyl groups excluding tert-OH is 1. The minimum Gasteiger partial charge on any atom is -0.396 e. The summed E-state index contributed by atoms with van der Waals surface area (Å²) < 4.78 is 28.0. The fourth-order valence-corrected chi connectivity index (χ4v) is 2.85. The lowest BCUT2D eigenvalue weighted by Crippen LogP contribution is -2.42. The van der Waals surface area contributed by atoms with Gasteiger partial charge in [0.2, 0.25) is 0 Å². The van der Waals surface area contributed by atoms with E-state index in [0.717, 1.165) is 5.56 Å². The average molecular weight is 286 g/mol. The van der Waals surface area contributed by atoms with Crippen LogP contribution in [0.1, 0.15) is 25.3 Å². The minimum absolute atomic E-state index is 0.0753. The highest BCUT2D eigenvalue weighted by atomic mass is 32.2. The topological polar surface area (TPSA) is 69.6 Å². The van der Waals surface area contributed by atoms with E-state index in [1.165, 1.54) is 4.31 Å². The van der Waals surface area contributed by atoms with Gasteiger partial charge in [0.1, 0.15) is 0 Å². The second-order valence-electron chi connectivity index (χ2n) is 4.63. The van der Waals surface area contributed by atoms with Crippen LogP contribution in [-0.4, -0.2) is 37.5 Å². The molecule has 0 fully saturated rings. The lowest BCUT2D eigenvalue weighted by Gasteiger charge is -2.21. The number of nitrogens with one attached hydrogen (secondary N) is 1. The van der Waals surface area contributed by atoms with Gasteiger partial charge in [0.15, 0.2) is 0 Å². The van der Waals surface area contributed by atoms with Gasteiger partial charge in [-0.3, -0.25) is 0 Å². The first kappa shape index (κ1) is 16.1. The van der Waals surface area contributed by atoms with Gasteiger partial charge in [-0.15, -0.1) is 0 Å². The molecule has 0 saturated carbocycles. The van der Waals surface area contributed by atoms with E-state index in [9.17, 15) is 8.42 Å². The van der Waals surface area contributed by atoms with Crippen LogP contribution in [0.5, 0.6) is 0 Å². The third kappa shape index (κ3) is 5.69. The molecular weight excluding hydrogens is 264 g/mol. The highest BCUT2D eigenvalue weighted by Crippen LogP contribution is 2.07. The molecule has 0 aliphatic heterocycles. The molecule has 6 heteroatoms. The monoisotopic (exact) mass is 286 g/mol. The quantitative estimate of drug-likeness (QED) is 0.752. The number of rotatable bonds is 8. The second-order valence-corrected chi connectivity index (χ2v) is 6.44. The van der Waals surface area contributed by atoms with Crippen molar-refractivity contribution in [1.82, 2.24) is 9.03 Å². The Morgan fingerprint density at radius 3 is 2.53 bits per heavy atom. The zero-order valence-electron chi connectivity index (χ0n) is 11.4. The summed E-state index contributed by atoms with van der Waals surface area (Å²) in [5.74, 6) is 0. The Kier molecular flexibility index (Phi) is 6.44. The van der Waals surface area contributed by atoms with E-state index in [-0.39, 0.29) is 12.6 Å². The highest BCUT2D eigenvalue weighted by Gasteiger charge is 2.19. The fraction of sp³-hybridized carbons (Fsp3) is 0.538. The first-order valence-corrected chi connectivity index (χ1v) is 7.78. The predicted octanol–water partition coefficient (Wildman–Crippen LogP) is 1.11. The predicted molar refractivity (Wildman–Crippen MR) is 75.7 cm³/mol. The molecule has 0 bridgehead atoms. The molecule has 1 rings (SSSR count). The zero-order chi connectivity index (χ0) is 14.3. The third-order valence-electron chi connectivity index (χ3n) is 2.80. The Hall–Kier alpha value is -0.950. The summed E-state index contributed by atoms with van der Waals surface area (Å²) in [5, 5.41) is 8.73. The van der Waals surface area contributed by atoms with Crippen LogP contribution < -0.4 is 4.72 Å². The summed E-state index contributed by atoms with van der Waals surface area (Å²) in [4.78, 5) is 0. The zero-order valence-corrected chi connectivity index (χ0v) is 12.2. The van der Waals surface area contributed by atoms with E-state index < -0.39 is 10.2 Å². The van der Waals surface area contributed by atoms with Crippen molar-refractivity contribution in [3.05, 3.63) is 35.9 Å². The molecule has 108 valence electrons. The van der Waals surface area contributed by atoms with Crippen LogP contribution in [0.4, 0.5) is 0 Å². The first-order valence-electron chi connectivity index (χ1n) is 6.34. The van der Waals surface area contributed by atoms with Crippen LogP contribution in [0.3, 0.4) is 0 Å². The Morgan fingerprint density at radius 2 is 1.95 bits per heavy atom. The standard InChI is InChI=1S/C13H22N2O3S/c1-12(7-6-10-16)14-19(17,18)15(2)11-13-8-4-3-5-9-13/h3-5,8-9,12,14,16H,6-7,10-11H2,1-2H3. The number of hydrogen-bond donors (Lipinski definition) is 2. The molecule has 19 heavy (non-hydrogen) atoms.